The molecule has 0 heterocycles. The quantitative estimate of drug-likeness (QED) is 0.771. The normalized spacial score (nSPS) is 13.7. The zero-order valence-electron chi connectivity index (χ0n) is 8.04. The summed E-state index contributed by atoms with van der Waals surface area (Å²) < 4.78 is 12.9. The van der Waals surface area contributed by atoms with Crippen molar-refractivity contribution in [2.45, 2.75) is 0 Å². The Morgan fingerprint density at radius 1 is 1.21 bits per heavy atom. The van der Waals surface area contributed by atoms with E-state index in [1.807, 2.05) is 6.07 Å². The van der Waals surface area contributed by atoms with Crippen molar-refractivity contribution in [1.29, 1.82) is 0 Å². The van der Waals surface area contributed by atoms with Crippen LogP contribution in [0.5, 0.6) is 0 Å². The molecule has 0 fully saturated rings. The molecule has 0 saturated heterocycles. The SMILES string of the molecule is CN(C)P(=O)(O)c1ccccc1.Cl.O. The van der Waals surface area contributed by atoms with Crippen LogP contribution in [-0.4, -0.2) is 29.1 Å². The Labute approximate surface area is 89.8 Å². The van der Waals surface area contributed by atoms with Crippen molar-refractivity contribution in [2.75, 3.05) is 14.1 Å². The van der Waals surface area contributed by atoms with Gasteiger partial charge in [0.05, 0.1) is 5.30 Å². The van der Waals surface area contributed by atoms with Gasteiger partial charge in [-0.1, -0.05) is 18.2 Å². The van der Waals surface area contributed by atoms with Crippen molar-refractivity contribution in [1.82, 2.24) is 4.67 Å². The van der Waals surface area contributed by atoms with Crippen LogP contribution in [0.1, 0.15) is 0 Å². The zero-order valence-corrected chi connectivity index (χ0v) is 9.76. The summed E-state index contributed by atoms with van der Waals surface area (Å²) >= 11 is 0. The lowest BCUT2D eigenvalue weighted by molar-refractivity contribution is 0.424. The highest BCUT2D eigenvalue weighted by Gasteiger charge is 2.23. The van der Waals surface area contributed by atoms with Crippen LogP contribution in [0.15, 0.2) is 30.3 Å². The number of hydrogen-bond donors (Lipinski definition) is 1. The summed E-state index contributed by atoms with van der Waals surface area (Å²) in [5.41, 5.74) is 0. The largest absolute Gasteiger partial charge is 0.412 e. The Morgan fingerprint density at radius 2 is 1.64 bits per heavy atom. The maximum atomic E-state index is 11.6. The molecule has 1 unspecified atom stereocenters. The van der Waals surface area contributed by atoms with Crippen LogP contribution < -0.4 is 5.30 Å². The van der Waals surface area contributed by atoms with Crippen LogP contribution in [0.2, 0.25) is 0 Å². The molecule has 0 amide bonds. The summed E-state index contributed by atoms with van der Waals surface area (Å²) in [6.45, 7) is 0. The minimum Gasteiger partial charge on any atom is -0.412 e. The second kappa shape index (κ2) is 6.17. The molecule has 0 aliphatic rings. The van der Waals surface area contributed by atoms with Crippen LogP contribution in [0.4, 0.5) is 0 Å². The van der Waals surface area contributed by atoms with Crippen molar-refractivity contribution in [3.05, 3.63) is 30.3 Å². The molecule has 4 nitrogen and oxygen atoms in total. The maximum Gasteiger partial charge on any atom is 0.299 e. The molecular formula is C8H15ClNO3P. The van der Waals surface area contributed by atoms with E-state index in [9.17, 15) is 9.46 Å². The van der Waals surface area contributed by atoms with E-state index in [0.29, 0.717) is 5.30 Å². The van der Waals surface area contributed by atoms with Crippen molar-refractivity contribution < 1.29 is 14.9 Å². The van der Waals surface area contributed by atoms with Gasteiger partial charge in [0.1, 0.15) is 0 Å². The maximum absolute atomic E-state index is 11.6. The highest BCUT2D eigenvalue weighted by Crippen LogP contribution is 2.40. The molecule has 0 aromatic heterocycles. The average molecular weight is 240 g/mol. The number of nitrogens with zero attached hydrogens (tertiary/aromatic N) is 1. The Morgan fingerprint density at radius 3 is 2.00 bits per heavy atom. The van der Waals surface area contributed by atoms with Gasteiger partial charge in [-0.15, -0.1) is 12.4 Å². The molecule has 1 rings (SSSR count). The molecule has 14 heavy (non-hydrogen) atoms. The molecule has 1 atom stereocenters. The van der Waals surface area contributed by atoms with E-state index >= 15 is 0 Å². The standard InChI is InChI=1S/C8H12NO2P.ClH.H2O/c1-9(2)12(10,11)8-6-4-3-5-7-8;;/h3-7H,1-2H3,(H,10,11);1H;1H2. The molecule has 82 valence electrons. The summed E-state index contributed by atoms with van der Waals surface area (Å²) in [5, 5.41) is 0.468. The third kappa shape index (κ3) is 3.40. The average Bonchev–Trinajstić information content (AvgIpc) is 2.06. The topological polar surface area (TPSA) is 72.0 Å². The molecule has 0 bridgehead atoms. The van der Waals surface area contributed by atoms with E-state index in [-0.39, 0.29) is 17.9 Å². The predicted octanol–water partition coefficient (Wildman–Crippen LogP) is 0.656. The molecule has 1 aromatic rings. The fourth-order valence-electron chi connectivity index (χ4n) is 0.853. The Kier molecular flexibility index (Phi) is 7.08. The summed E-state index contributed by atoms with van der Waals surface area (Å²) in [6.07, 6.45) is 0. The summed E-state index contributed by atoms with van der Waals surface area (Å²) in [6, 6.07) is 8.63. The van der Waals surface area contributed by atoms with Crippen LogP contribution in [0, 0.1) is 0 Å². The summed E-state index contributed by atoms with van der Waals surface area (Å²) in [5.74, 6) is 0. The Balaban J connectivity index is 0. The first-order valence-electron chi connectivity index (χ1n) is 3.61. The Bertz CT molecular complexity index is 305. The van der Waals surface area contributed by atoms with Gasteiger partial charge in [-0.2, -0.15) is 0 Å². The first-order chi connectivity index (χ1) is 5.55. The molecule has 0 aliphatic carbocycles. The first-order valence-corrected chi connectivity index (χ1v) is 5.22. The van der Waals surface area contributed by atoms with Gasteiger partial charge in [-0.05, 0) is 26.2 Å². The molecule has 0 spiro atoms. The van der Waals surface area contributed by atoms with Gasteiger partial charge >= 0.3 is 0 Å². The zero-order chi connectivity index (χ0) is 9.19. The minimum absolute atomic E-state index is 0. The smallest absolute Gasteiger partial charge is 0.299 e. The lowest BCUT2D eigenvalue weighted by Crippen LogP contribution is -2.17. The highest BCUT2D eigenvalue weighted by molar-refractivity contribution is 7.63. The number of halogens is 1. The predicted molar refractivity (Wildman–Crippen MR) is 60.5 cm³/mol. The van der Waals surface area contributed by atoms with Crippen molar-refractivity contribution in [2.24, 2.45) is 0 Å². The van der Waals surface area contributed by atoms with Gasteiger partial charge in [-0.25, -0.2) is 4.67 Å². The highest BCUT2D eigenvalue weighted by atomic mass is 35.5. The van der Waals surface area contributed by atoms with Gasteiger partial charge in [-0.3, -0.25) is 4.57 Å². The molecule has 0 saturated carbocycles. The number of rotatable bonds is 2. The minimum atomic E-state index is -3.28. The summed E-state index contributed by atoms with van der Waals surface area (Å²) in [4.78, 5) is 9.54. The van der Waals surface area contributed by atoms with E-state index in [0.717, 1.165) is 0 Å². The molecule has 0 aliphatic heterocycles. The fraction of sp³-hybridized carbons (Fsp3) is 0.250. The van der Waals surface area contributed by atoms with Gasteiger partial charge in [0, 0.05) is 0 Å². The van der Waals surface area contributed by atoms with Gasteiger partial charge in [0.2, 0.25) is 0 Å². The van der Waals surface area contributed by atoms with Gasteiger partial charge in [0.15, 0.2) is 0 Å². The van der Waals surface area contributed by atoms with E-state index in [1.54, 1.807) is 38.4 Å². The monoisotopic (exact) mass is 239 g/mol. The number of hydrogen-bond acceptors (Lipinski definition) is 1. The van der Waals surface area contributed by atoms with E-state index in [1.165, 1.54) is 4.67 Å². The van der Waals surface area contributed by atoms with Crippen molar-refractivity contribution in [3.8, 4) is 0 Å². The van der Waals surface area contributed by atoms with Crippen LogP contribution in [0.25, 0.3) is 0 Å². The third-order valence-electron chi connectivity index (χ3n) is 1.63. The third-order valence-corrected chi connectivity index (χ3v) is 3.69. The van der Waals surface area contributed by atoms with Gasteiger partial charge in [0.25, 0.3) is 7.52 Å². The van der Waals surface area contributed by atoms with E-state index in [2.05, 4.69) is 0 Å². The molecule has 3 N–H and O–H groups in total. The van der Waals surface area contributed by atoms with Gasteiger partial charge < -0.3 is 10.4 Å². The fourth-order valence-corrected chi connectivity index (χ4v) is 1.88. The van der Waals surface area contributed by atoms with Crippen molar-refractivity contribution >= 4 is 25.2 Å². The second-order valence-electron chi connectivity index (χ2n) is 2.73. The molecule has 0 radical (unpaired) electrons. The van der Waals surface area contributed by atoms with Crippen LogP contribution in [-0.2, 0) is 4.57 Å². The lowest BCUT2D eigenvalue weighted by Gasteiger charge is -2.18. The number of benzene rings is 1. The molecular weight excluding hydrogens is 225 g/mol. The van der Waals surface area contributed by atoms with Crippen molar-refractivity contribution in [3.63, 3.8) is 0 Å². The van der Waals surface area contributed by atoms with Crippen LogP contribution in [0.3, 0.4) is 0 Å². The first kappa shape index (κ1) is 16.1. The van der Waals surface area contributed by atoms with E-state index in [4.69, 9.17) is 0 Å². The van der Waals surface area contributed by atoms with Crippen LogP contribution >= 0.6 is 19.9 Å². The molecule has 1 aromatic carbocycles. The Hall–Kier alpha value is -0.380. The summed E-state index contributed by atoms with van der Waals surface area (Å²) in [7, 11) is -0.101. The molecule has 6 heteroatoms. The second-order valence-corrected chi connectivity index (χ2v) is 5.13. The van der Waals surface area contributed by atoms with E-state index < -0.39 is 7.52 Å². The lowest BCUT2D eigenvalue weighted by atomic mass is 10.4.